The number of amides is 2. The summed E-state index contributed by atoms with van der Waals surface area (Å²) in [6, 6.07) is 18.2. The molecule has 35 heavy (non-hydrogen) atoms. The van der Waals surface area contributed by atoms with E-state index in [-0.39, 0.29) is 30.2 Å². The molecular weight excluding hydrogens is 440 g/mol. The zero-order valence-electron chi connectivity index (χ0n) is 20.7. The lowest BCUT2D eigenvalue weighted by molar-refractivity contribution is -0.126. The number of carbonyl (C=O) groups is 2. The van der Waals surface area contributed by atoms with Gasteiger partial charge in [0.15, 0.2) is 5.76 Å². The molecule has 1 aliphatic rings. The Labute approximate surface area is 207 Å². The minimum absolute atomic E-state index is 0.136. The highest BCUT2D eigenvalue weighted by molar-refractivity contribution is 5.96. The fraction of sp³-hybridized carbons (Fsp3) is 0.379. The number of hydrogen-bond donors (Lipinski definition) is 1. The number of methoxy groups -OCH3 is 1. The summed E-state index contributed by atoms with van der Waals surface area (Å²) in [6.45, 7) is 4.50. The fourth-order valence-electron chi connectivity index (χ4n) is 4.68. The summed E-state index contributed by atoms with van der Waals surface area (Å²) in [5.41, 5.74) is 2.81. The Morgan fingerprint density at radius 3 is 2.37 bits per heavy atom. The number of benzene rings is 2. The van der Waals surface area contributed by atoms with Crippen LogP contribution in [0.4, 0.5) is 0 Å². The Bertz CT molecular complexity index is 1120. The van der Waals surface area contributed by atoms with E-state index in [4.69, 9.17) is 9.15 Å². The van der Waals surface area contributed by atoms with Crippen LogP contribution in [0.3, 0.4) is 0 Å². The third kappa shape index (κ3) is 5.94. The molecule has 0 spiro atoms. The second-order valence-electron chi connectivity index (χ2n) is 9.48. The maximum Gasteiger partial charge on any atom is 0.290 e. The lowest BCUT2D eigenvalue weighted by Crippen LogP contribution is -2.45. The standard InChI is InChI=1S/C29H34N2O4/c1-20(2)22-13-15-23(16-14-22)27(28(32)30-24-9-4-5-10-24)31(29(33)26-12-7-17-35-26)19-21-8-6-11-25(18-21)34-3/h6-8,11-18,20,24,27H,4-5,9-10,19H2,1-3H3,(H,30,32)/t27-/m1/s1. The Morgan fingerprint density at radius 1 is 1.03 bits per heavy atom. The zero-order chi connectivity index (χ0) is 24.8. The van der Waals surface area contributed by atoms with Crippen molar-refractivity contribution in [3.63, 3.8) is 0 Å². The predicted molar refractivity (Wildman–Crippen MR) is 135 cm³/mol. The van der Waals surface area contributed by atoms with Crippen molar-refractivity contribution in [2.45, 2.75) is 64.1 Å². The second kappa shape index (κ2) is 11.3. The minimum Gasteiger partial charge on any atom is -0.497 e. The third-order valence-electron chi connectivity index (χ3n) is 6.66. The highest BCUT2D eigenvalue weighted by Crippen LogP contribution is 2.29. The largest absolute Gasteiger partial charge is 0.497 e. The normalized spacial score (nSPS) is 14.6. The number of rotatable bonds is 9. The van der Waals surface area contributed by atoms with Gasteiger partial charge in [-0.05, 0) is 59.7 Å². The molecule has 0 bridgehead atoms. The minimum atomic E-state index is -0.805. The van der Waals surface area contributed by atoms with Gasteiger partial charge in [-0.3, -0.25) is 9.59 Å². The van der Waals surface area contributed by atoms with Gasteiger partial charge in [0.1, 0.15) is 11.8 Å². The number of nitrogens with zero attached hydrogens (tertiary/aromatic N) is 1. The van der Waals surface area contributed by atoms with Crippen LogP contribution in [0.5, 0.6) is 5.75 Å². The Kier molecular flexibility index (Phi) is 7.91. The van der Waals surface area contributed by atoms with Crippen molar-refractivity contribution in [2.24, 2.45) is 0 Å². The molecule has 4 rings (SSSR count). The van der Waals surface area contributed by atoms with Crippen LogP contribution in [-0.2, 0) is 11.3 Å². The molecule has 2 amide bonds. The number of furan rings is 1. The van der Waals surface area contributed by atoms with E-state index < -0.39 is 6.04 Å². The fourth-order valence-corrected chi connectivity index (χ4v) is 4.68. The molecule has 6 nitrogen and oxygen atoms in total. The van der Waals surface area contributed by atoms with Gasteiger partial charge in [0.05, 0.1) is 13.4 Å². The van der Waals surface area contributed by atoms with Gasteiger partial charge in [-0.25, -0.2) is 0 Å². The Hall–Kier alpha value is -3.54. The SMILES string of the molecule is COc1cccc(CN(C(=O)c2ccco2)[C@@H](C(=O)NC2CCCC2)c2ccc(C(C)C)cc2)c1. The molecule has 1 heterocycles. The van der Waals surface area contributed by atoms with Crippen molar-refractivity contribution < 1.29 is 18.7 Å². The molecule has 1 fully saturated rings. The maximum atomic E-state index is 13.8. The number of nitrogens with one attached hydrogen (secondary N) is 1. The Morgan fingerprint density at radius 2 is 1.74 bits per heavy atom. The van der Waals surface area contributed by atoms with Crippen LogP contribution < -0.4 is 10.1 Å². The van der Waals surface area contributed by atoms with E-state index in [1.165, 1.54) is 11.8 Å². The number of hydrogen-bond acceptors (Lipinski definition) is 4. The summed E-state index contributed by atoms with van der Waals surface area (Å²) in [7, 11) is 1.61. The van der Waals surface area contributed by atoms with E-state index in [2.05, 4.69) is 19.2 Å². The summed E-state index contributed by atoms with van der Waals surface area (Å²) >= 11 is 0. The molecule has 1 N–H and O–H groups in total. The molecule has 1 saturated carbocycles. The second-order valence-corrected chi connectivity index (χ2v) is 9.48. The van der Waals surface area contributed by atoms with Crippen molar-refractivity contribution in [1.82, 2.24) is 10.2 Å². The molecule has 184 valence electrons. The quantitative estimate of drug-likeness (QED) is 0.422. The molecule has 2 aromatic carbocycles. The van der Waals surface area contributed by atoms with Crippen LogP contribution in [0.15, 0.2) is 71.3 Å². The monoisotopic (exact) mass is 474 g/mol. The van der Waals surface area contributed by atoms with Gasteiger partial charge in [0.25, 0.3) is 5.91 Å². The van der Waals surface area contributed by atoms with Crippen LogP contribution in [0, 0.1) is 0 Å². The van der Waals surface area contributed by atoms with Gasteiger partial charge >= 0.3 is 0 Å². The summed E-state index contributed by atoms with van der Waals surface area (Å²) in [5.74, 6) is 0.758. The molecule has 6 heteroatoms. The van der Waals surface area contributed by atoms with E-state index in [1.54, 1.807) is 24.1 Å². The van der Waals surface area contributed by atoms with Crippen LogP contribution in [0.1, 0.15) is 78.7 Å². The molecule has 0 unspecified atom stereocenters. The van der Waals surface area contributed by atoms with Gasteiger partial charge in [0, 0.05) is 12.6 Å². The van der Waals surface area contributed by atoms with E-state index in [9.17, 15) is 9.59 Å². The van der Waals surface area contributed by atoms with Crippen molar-refractivity contribution in [2.75, 3.05) is 7.11 Å². The van der Waals surface area contributed by atoms with Gasteiger partial charge in [-0.15, -0.1) is 0 Å². The summed E-state index contributed by atoms with van der Waals surface area (Å²) < 4.78 is 10.8. The molecular formula is C29H34N2O4. The van der Waals surface area contributed by atoms with Gasteiger partial charge in [-0.1, -0.05) is 63.1 Å². The first-order chi connectivity index (χ1) is 17.0. The highest BCUT2D eigenvalue weighted by Gasteiger charge is 2.34. The smallest absolute Gasteiger partial charge is 0.290 e. The van der Waals surface area contributed by atoms with Crippen LogP contribution in [0.25, 0.3) is 0 Å². The first kappa shape index (κ1) is 24.6. The summed E-state index contributed by atoms with van der Waals surface area (Å²) in [4.78, 5) is 29.1. The zero-order valence-corrected chi connectivity index (χ0v) is 20.7. The topological polar surface area (TPSA) is 71.8 Å². The number of carbonyl (C=O) groups excluding carboxylic acids is 2. The lowest BCUT2D eigenvalue weighted by atomic mass is 9.97. The van der Waals surface area contributed by atoms with Gasteiger partial charge in [-0.2, -0.15) is 0 Å². The summed E-state index contributed by atoms with van der Waals surface area (Å²) in [6.07, 6.45) is 5.62. The average Bonchev–Trinajstić information content (AvgIpc) is 3.58. The molecule has 1 aromatic heterocycles. The van der Waals surface area contributed by atoms with Crippen LogP contribution >= 0.6 is 0 Å². The molecule has 0 saturated heterocycles. The number of ether oxygens (including phenoxy) is 1. The van der Waals surface area contributed by atoms with Crippen molar-refractivity contribution in [1.29, 1.82) is 0 Å². The van der Waals surface area contributed by atoms with E-state index in [1.807, 2.05) is 48.5 Å². The highest BCUT2D eigenvalue weighted by atomic mass is 16.5. The van der Waals surface area contributed by atoms with Crippen molar-refractivity contribution in [3.05, 3.63) is 89.4 Å². The molecule has 0 aliphatic heterocycles. The first-order valence-corrected chi connectivity index (χ1v) is 12.3. The van der Waals surface area contributed by atoms with E-state index in [0.717, 1.165) is 36.8 Å². The maximum absolute atomic E-state index is 13.8. The first-order valence-electron chi connectivity index (χ1n) is 12.3. The van der Waals surface area contributed by atoms with Crippen LogP contribution in [0.2, 0.25) is 0 Å². The third-order valence-corrected chi connectivity index (χ3v) is 6.66. The Balaban J connectivity index is 1.75. The van der Waals surface area contributed by atoms with Crippen molar-refractivity contribution >= 4 is 11.8 Å². The van der Waals surface area contributed by atoms with E-state index in [0.29, 0.717) is 11.7 Å². The van der Waals surface area contributed by atoms with E-state index >= 15 is 0 Å². The molecule has 0 radical (unpaired) electrons. The van der Waals surface area contributed by atoms with Crippen LogP contribution in [-0.4, -0.2) is 29.9 Å². The molecule has 3 aromatic rings. The van der Waals surface area contributed by atoms with Gasteiger partial charge in [0.2, 0.25) is 5.91 Å². The summed E-state index contributed by atoms with van der Waals surface area (Å²) in [5, 5.41) is 3.22. The van der Waals surface area contributed by atoms with Crippen molar-refractivity contribution in [3.8, 4) is 5.75 Å². The lowest BCUT2D eigenvalue weighted by Gasteiger charge is -2.32. The molecule has 1 aliphatic carbocycles. The van der Waals surface area contributed by atoms with Gasteiger partial charge < -0.3 is 19.4 Å². The average molecular weight is 475 g/mol. The molecule has 1 atom stereocenters. The predicted octanol–water partition coefficient (Wildman–Crippen LogP) is 5.85.